The summed E-state index contributed by atoms with van der Waals surface area (Å²) in [5, 5.41) is 5.56. The topological polar surface area (TPSA) is 71.8 Å². The molecule has 5 rings (SSSR count). The maximum atomic E-state index is 12.8. The Kier molecular flexibility index (Phi) is 4.52. The summed E-state index contributed by atoms with van der Waals surface area (Å²) in [5.41, 5.74) is 3.06. The van der Waals surface area contributed by atoms with E-state index in [1.54, 1.807) is 24.1 Å². The molecule has 30 heavy (non-hydrogen) atoms. The zero-order valence-electron chi connectivity index (χ0n) is 16.2. The molecule has 0 bridgehead atoms. The first kappa shape index (κ1) is 18.4. The minimum Gasteiger partial charge on any atom is -0.493 e. The van der Waals surface area contributed by atoms with Gasteiger partial charge in [-0.25, -0.2) is 0 Å². The largest absolute Gasteiger partial charge is 0.493 e. The molecule has 0 atom stereocenters. The molecule has 1 N–H and O–H groups in total. The van der Waals surface area contributed by atoms with Crippen LogP contribution in [0.15, 0.2) is 64.4 Å². The van der Waals surface area contributed by atoms with Gasteiger partial charge >= 0.3 is 0 Å². The summed E-state index contributed by atoms with van der Waals surface area (Å²) in [6, 6.07) is 16.5. The number of hydrogen-bond donors (Lipinski definition) is 1. The van der Waals surface area contributed by atoms with Crippen molar-refractivity contribution in [2.24, 2.45) is 0 Å². The van der Waals surface area contributed by atoms with E-state index < -0.39 is 0 Å². The third kappa shape index (κ3) is 3.13. The molecule has 0 saturated carbocycles. The highest BCUT2D eigenvalue weighted by Gasteiger charge is 2.26. The number of methoxy groups -OCH3 is 1. The Labute approximate surface area is 176 Å². The number of para-hydroxylation sites is 1. The molecular weight excluding hydrogens is 400 g/mol. The average molecular weight is 418 g/mol. The Morgan fingerprint density at radius 1 is 1.13 bits per heavy atom. The van der Waals surface area contributed by atoms with Crippen LogP contribution < -0.4 is 15.0 Å². The fourth-order valence-corrected chi connectivity index (χ4v) is 4.37. The van der Waals surface area contributed by atoms with E-state index in [9.17, 15) is 9.59 Å². The predicted octanol–water partition coefficient (Wildman–Crippen LogP) is 4.96. The van der Waals surface area contributed by atoms with E-state index in [1.165, 1.54) is 11.3 Å². The number of nitrogens with one attached hydrogen (secondary N) is 1. The Hall–Kier alpha value is -3.58. The van der Waals surface area contributed by atoms with Crippen molar-refractivity contribution in [1.82, 2.24) is 0 Å². The molecule has 7 heteroatoms. The molecule has 0 saturated heterocycles. The first-order chi connectivity index (χ1) is 14.6. The van der Waals surface area contributed by atoms with Crippen LogP contribution in [0.5, 0.6) is 5.75 Å². The van der Waals surface area contributed by atoms with Gasteiger partial charge in [-0.05, 0) is 47.7 Å². The van der Waals surface area contributed by atoms with Gasteiger partial charge in [-0.2, -0.15) is 0 Å². The number of thiophene rings is 1. The monoisotopic (exact) mass is 418 g/mol. The number of anilines is 2. The normalized spacial score (nSPS) is 12.8. The van der Waals surface area contributed by atoms with Crippen molar-refractivity contribution in [3.63, 3.8) is 0 Å². The third-order valence-corrected chi connectivity index (χ3v) is 6.03. The number of furan rings is 1. The maximum Gasteiger partial charge on any atom is 0.291 e. The minimum atomic E-state index is -0.359. The Balaban J connectivity index is 1.40. The number of fused-ring (bicyclic) bond motifs is 2. The second-order valence-electron chi connectivity index (χ2n) is 6.97. The third-order valence-electron chi connectivity index (χ3n) is 5.17. The summed E-state index contributed by atoms with van der Waals surface area (Å²) in [5.74, 6) is 0.396. The van der Waals surface area contributed by atoms with Gasteiger partial charge in [-0.15, -0.1) is 11.3 Å². The van der Waals surface area contributed by atoms with Gasteiger partial charge in [-0.1, -0.05) is 24.3 Å². The number of carbonyl (C=O) groups excluding carboxylic acids is 2. The molecule has 6 nitrogen and oxygen atoms in total. The zero-order valence-corrected chi connectivity index (χ0v) is 17.0. The Morgan fingerprint density at radius 2 is 2.03 bits per heavy atom. The van der Waals surface area contributed by atoms with Crippen LogP contribution in [0.3, 0.4) is 0 Å². The number of carbonyl (C=O) groups is 2. The number of rotatable bonds is 4. The summed E-state index contributed by atoms with van der Waals surface area (Å²) >= 11 is 1.43. The molecule has 3 heterocycles. The van der Waals surface area contributed by atoms with E-state index in [-0.39, 0.29) is 17.6 Å². The van der Waals surface area contributed by atoms with Gasteiger partial charge in [0.25, 0.3) is 11.8 Å². The van der Waals surface area contributed by atoms with E-state index in [0.29, 0.717) is 28.4 Å². The van der Waals surface area contributed by atoms with Crippen LogP contribution in [0, 0.1) is 0 Å². The summed E-state index contributed by atoms with van der Waals surface area (Å²) < 4.78 is 11.0. The fourth-order valence-electron chi connectivity index (χ4n) is 3.70. The fraction of sp³-hybridized carbons (Fsp3) is 0.130. The van der Waals surface area contributed by atoms with E-state index in [2.05, 4.69) is 5.32 Å². The number of hydrogen-bond acceptors (Lipinski definition) is 5. The van der Waals surface area contributed by atoms with Crippen LogP contribution in [0.4, 0.5) is 11.4 Å². The molecule has 150 valence electrons. The molecule has 0 aliphatic carbocycles. The van der Waals surface area contributed by atoms with Crippen LogP contribution >= 0.6 is 11.3 Å². The molecule has 2 amide bonds. The van der Waals surface area contributed by atoms with Crippen molar-refractivity contribution in [3.05, 3.63) is 76.2 Å². The molecule has 0 spiro atoms. The first-order valence-corrected chi connectivity index (χ1v) is 10.4. The number of amides is 2. The van der Waals surface area contributed by atoms with Gasteiger partial charge in [0.1, 0.15) is 0 Å². The minimum absolute atomic E-state index is 0.0170. The van der Waals surface area contributed by atoms with Crippen molar-refractivity contribution < 1.29 is 18.7 Å². The van der Waals surface area contributed by atoms with Crippen LogP contribution in [-0.2, 0) is 6.42 Å². The van der Waals surface area contributed by atoms with E-state index >= 15 is 0 Å². The molecule has 1 aliphatic heterocycles. The molecular formula is C23H18N2O4S. The Morgan fingerprint density at radius 3 is 2.83 bits per heavy atom. The van der Waals surface area contributed by atoms with E-state index in [0.717, 1.165) is 23.1 Å². The quantitative estimate of drug-likeness (QED) is 0.509. The van der Waals surface area contributed by atoms with Crippen molar-refractivity contribution in [2.45, 2.75) is 6.42 Å². The number of ether oxygens (including phenoxy) is 1. The highest BCUT2D eigenvalue weighted by Crippen LogP contribution is 2.33. The highest BCUT2D eigenvalue weighted by molar-refractivity contribution is 7.12. The maximum absolute atomic E-state index is 12.8. The van der Waals surface area contributed by atoms with Gasteiger partial charge in [0.05, 0.1) is 12.0 Å². The van der Waals surface area contributed by atoms with Gasteiger partial charge in [0.2, 0.25) is 0 Å². The van der Waals surface area contributed by atoms with Gasteiger partial charge in [-0.3, -0.25) is 9.59 Å². The second kappa shape index (κ2) is 7.35. The van der Waals surface area contributed by atoms with Crippen molar-refractivity contribution >= 4 is 45.5 Å². The van der Waals surface area contributed by atoms with E-state index in [4.69, 9.17) is 9.15 Å². The summed E-state index contributed by atoms with van der Waals surface area (Å²) in [6.45, 7) is 0.632. The summed E-state index contributed by atoms with van der Waals surface area (Å²) in [4.78, 5) is 28.0. The molecule has 1 aliphatic rings. The number of benzene rings is 2. The molecule has 0 radical (unpaired) electrons. The van der Waals surface area contributed by atoms with Crippen LogP contribution in [0.25, 0.3) is 11.0 Å². The molecule has 0 unspecified atom stereocenters. The van der Waals surface area contributed by atoms with Gasteiger partial charge in [0, 0.05) is 23.3 Å². The van der Waals surface area contributed by atoms with Crippen molar-refractivity contribution in [2.75, 3.05) is 23.9 Å². The van der Waals surface area contributed by atoms with Gasteiger partial charge in [0.15, 0.2) is 17.1 Å². The van der Waals surface area contributed by atoms with Crippen molar-refractivity contribution in [1.29, 1.82) is 0 Å². The van der Waals surface area contributed by atoms with Crippen molar-refractivity contribution in [3.8, 4) is 5.75 Å². The van der Waals surface area contributed by atoms with Crippen LogP contribution in [-0.4, -0.2) is 25.5 Å². The van der Waals surface area contributed by atoms with Crippen LogP contribution in [0.1, 0.15) is 25.8 Å². The average Bonchev–Trinajstić information content (AvgIpc) is 3.51. The SMILES string of the molecule is COc1cccc2cc(C(=O)Nc3ccc4c(c3)N(C(=O)c3cccs3)CC4)oc12. The Bertz CT molecular complexity index is 1260. The molecule has 4 aromatic rings. The smallest absolute Gasteiger partial charge is 0.291 e. The molecule has 2 aromatic heterocycles. The summed E-state index contributed by atoms with van der Waals surface area (Å²) in [7, 11) is 1.56. The number of nitrogens with zero attached hydrogens (tertiary/aromatic N) is 1. The zero-order chi connectivity index (χ0) is 20.7. The molecule has 2 aromatic carbocycles. The van der Waals surface area contributed by atoms with Crippen LogP contribution in [0.2, 0.25) is 0 Å². The van der Waals surface area contributed by atoms with Gasteiger partial charge < -0.3 is 19.4 Å². The lowest BCUT2D eigenvalue weighted by Crippen LogP contribution is -2.28. The molecule has 0 fully saturated rings. The standard InChI is InChI=1S/C23H18N2O4S/c1-28-18-5-2-4-15-12-19(29-21(15)18)22(26)24-16-8-7-14-9-10-25(17(14)13-16)23(27)20-6-3-11-30-20/h2-8,11-13H,9-10H2,1H3,(H,24,26). The summed E-state index contributed by atoms with van der Waals surface area (Å²) in [6.07, 6.45) is 0.796. The predicted molar refractivity (Wildman–Crippen MR) is 117 cm³/mol. The lowest BCUT2D eigenvalue weighted by Gasteiger charge is -2.17. The van der Waals surface area contributed by atoms with E-state index in [1.807, 2.05) is 47.8 Å². The highest BCUT2D eigenvalue weighted by atomic mass is 32.1. The lowest BCUT2D eigenvalue weighted by molar-refractivity contribution is 0.0988. The first-order valence-electron chi connectivity index (χ1n) is 9.50. The lowest BCUT2D eigenvalue weighted by atomic mass is 10.1. The second-order valence-corrected chi connectivity index (χ2v) is 7.92.